The lowest BCUT2D eigenvalue weighted by atomic mass is 9.96. The number of pyridine rings is 1. The Morgan fingerprint density at radius 3 is 2.62 bits per heavy atom. The van der Waals surface area contributed by atoms with Gasteiger partial charge in [-0.3, -0.25) is 4.98 Å². The number of fused-ring (bicyclic) bond motifs is 1. The van der Waals surface area contributed by atoms with E-state index in [4.69, 9.17) is 4.98 Å². The normalized spacial score (nSPS) is 16.8. The van der Waals surface area contributed by atoms with Gasteiger partial charge < -0.3 is 4.90 Å². The van der Waals surface area contributed by atoms with Crippen LogP contribution in [0.2, 0.25) is 0 Å². The molecule has 120 valence electrons. The molecule has 1 atom stereocenters. The maximum Gasteiger partial charge on any atom is 0.178 e. The maximum absolute atomic E-state index is 4.81. The molecular formula is C20H20N4. The van der Waals surface area contributed by atoms with Crippen LogP contribution in [-0.4, -0.2) is 21.5 Å². The summed E-state index contributed by atoms with van der Waals surface area (Å²) in [7, 11) is 0. The summed E-state index contributed by atoms with van der Waals surface area (Å²) in [6.07, 6.45) is 3.74. The summed E-state index contributed by atoms with van der Waals surface area (Å²) >= 11 is 0. The van der Waals surface area contributed by atoms with Crippen molar-refractivity contribution in [2.24, 2.45) is 0 Å². The number of aryl methyl sites for hydroxylation is 1. The second-order valence-electron chi connectivity index (χ2n) is 6.44. The highest BCUT2D eigenvalue weighted by molar-refractivity contribution is 5.53. The molecule has 2 aromatic heterocycles. The van der Waals surface area contributed by atoms with Crippen LogP contribution < -0.4 is 4.90 Å². The van der Waals surface area contributed by atoms with Crippen molar-refractivity contribution in [3.63, 3.8) is 0 Å². The molecule has 0 saturated carbocycles. The van der Waals surface area contributed by atoms with Gasteiger partial charge in [0, 0.05) is 42.7 Å². The van der Waals surface area contributed by atoms with E-state index in [0.29, 0.717) is 11.7 Å². The Hall–Kier alpha value is -2.75. The summed E-state index contributed by atoms with van der Waals surface area (Å²) in [6.45, 7) is 6.17. The first-order valence-corrected chi connectivity index (χ1v) is 8.29. The van der Waals surface area contributed by atoms with Crippen molar-refractivity contribution in [1.82, 2.24) is 15.0 Å². The van der Waals surface area contributed by atoms with Crippen molar-refractivity contribution in [3.05, 3.63) is 71.7 Å². The molecular weight excluding hydrogens is 296 g/mol. The van der Waals surface area contributed by atoms with Crippen LogP contribution in [0.1, 0.15) is 29.7 Å². The highest BCUT2D eigenvalue weighted by atomic mass is 15.1. The Kier molecular flexibility index (Phi) is 3.73. The standard InChI is InChI=1S/C20H20N4/c1-14-6-8-17(9-7-14)24-12-15(2)19-16(13-24)11-22-20(23-19)18-5-3-4-10-21-18/h3-11,15H,12-13H2,1-2H3. The molecule has 0 radical (unpaired) electrons. The van der Waals surface area contributed by atoms with Crippen LogP contribution in [0.3, 0.4) is 0 Å². The number of hydrogen-bond acceptors (Lipinski definition) is 4. The monoisotopic (exact) mass is 316 g/mol. The fourth-order valence-corrected chi connectivity index (χ4v) is 3.23. The molecule has 1 aliphatic rings. The van der Waals surface area contributed by atoms with Crippen LogP contribution >= 0.6 is 0 Å². The first-order chi connectivity index (χ1) is 11.7. The van der Waals surface area contributed by atoms with Gasteiger partial charge in [-0.2, -0.15) is 0 Å². The van der Waals surface area contributed by atoms with Crippen molar-refractivity contribution in [2.45, 2.75) is 26.3 Å². The fraction of sp³-hybridized carbons (Fsp3) is 0.250. The van der Waals surface area contributed by atoms with Crippen LogP contribution in [0.5, 0.6) is 0 Å². The second kappa shape index (κ2) is 6.04. The van der Waals surface area contributed by atoms with Crippen LogP contribution in [-0.2, 0) is 6.54 Å². The van der Waals surface area contributed by atoms with Crippen LogP contribution in [0.15, 0.2) is 54.9 Å². The number of benzene rings is 1. The minimum atomic E-state index is 0.362. The summed E-state index contributed by atoms with van der Waals surface area (Å²) in [5.74, 6) is 1.07. The van der Waals surface area contributed by atoms with Crippen molar-refractivity contribution < 1.29 is 0 Å². The third-order valence-corrected chi connectivity index (χ3v) is 4.51. The Morgan fingerprint density at radius 2 is 1.88 bits per heavy atom. The topological polar surface area (TPSA) is 41.9 Å². The molecule has 4 heteroatoms. The Morgan fingerprint density at radius 1 is 1.04 bits per heavy atom. The Labute approximate surface area is 142 Å². The van der Waals surface area contributed by atoms with Gasteiger partial charge in [-0.25, -0.2) is 9.97 Å². The van der Waals surface area contributed by atoms with Gasteiger partial charge in [0.2, 0.25) is 0 Å². The van der Waals surface area contributed by atoms with E-state index < -0.39 is 0 Å². The largest absolute Gasteiger partial charge is 0.366 e. The van der Waals surface area contributed by atoms with Gasteiger partial charge in [0.25, 0.3) is 0 Å². The molecule has 1 aromatic carbocycles. The van der Waals surface area contributed by atoms with E-state index in [1.165, 1.54) is 16.8 Å². The molecule has 24 heavy (non-hydrogen) atoms. The third-order valence-electron chi connectivity index (χ3n) is 4.51. The lowest BCUT2D eigenvalue weighted by molar-refractivity contribution is 0.617. The molecule has 0 N–H and O–H groups in total. The first kappa shape index (κ1) is 14.8. The number of nitrogens with zero attached hydrogens (tertiary/aromatic N) is 4. The number of anilines is 1. The highest BCUT2D eigenvalue weighted by Gasteiger charge is 2.25. The van der Waals surface area contributed by atoms with E-state index in [2.05, 4.69) is 53.0 Å². The van der Waals surface area contributed by atoms with E-state index in [1.54, 1.807) is 6.20 Å². The van der Waals surface area contributed by atoms with E-state index in [1.807, 2.05) is 24.4 Å². The number of hydrogen-bond donors (Lipinski definition) is 0. The maximum atomic E-state index is 4.81. The summed E-state index contributed by atoms with van der Waals surface area (Å²) < 4.78 is 0. The van der Waals surface area contributed by atoms with Crippen molar-refractivity contribution in [3.8, 4) is 11.5 Å². The molecule has 1 unspecified atom stereocenters. The van der Waals surface area contributed by atoms with Gasteiger partial charge in [0.05, 0.1) is 5.69 Å². The van der Waals surface area contributed by atoms with Gasteiger partial charge in [-0.1, -0.05) is 30.7 Å². The van der Waals surface area contributed by atoms with Gasteiger partial charge in [0.1, 0.15) is 5.69 Å². The average Bonchev–Trinajstić information content (AvgIpc) is 2.63. The summed E-state index contributed by atoms with van der Waals surface area (Å²) in [5.41, 5.74) is 5.72. The zero-order chi connectivity index (χ0) is 16.5. The molecule has 1 aliphatic heterocycles. The zero-order valence-electron chi connectivity index (χ0n) is 14.0. The lowest BCUT2D eigenvalue weighted by Gasteiger charge is -2.34. The second-order valence-corrected chi connectivity index (χ2v) is 6.44. The van der Waals surface area contributed by atoms with Gasteiger partial charge in [-0.15, -0.1) is 0 Å². The molecule has 4 nitrogen and oxygen atoms in total. The quantitative estimate of drug-likeness (QED) is 0.717. The molecule has 0 aliphatic carbocycles. The molecule has 0 amide bonds. The Bertz CT molecular complexity index is 843. The third kappa shape index (κ3) is 2.75. The summed E-state index contributed by atoms with van der Waals surface area (Å²) in [5, 5.41) is 0. The predicted octanol–water partition coefficient (Wildman–Crippen LogP) is 3.97. The lowest BCUT2D eigenvalue weighted by Crippen LogP contribution is -2.33. The number of rotatable bonds is 2. The number of aromatic nitrogens is 3. The molecule has 0 spiro atoms. The Balaban J connectivity index is 1.66. The fourth-order valence-electron chi connectivity index (χ4n) is 3.23. The minimum absolute atomic E-state index is 0.362. The molecule has 0 saturated heterocycles. The van der Waals surface area contributed by atoms with E-state index in [-0.39, 0.29) is 0 Å². The summed E-state index contributed by atoms with van der Waals surface area (Å²) in [4.78, 5) is 16.1. The van der Waals surface area contributed by atoms with Crippen LogP contribution in [0.25, 0.3) is 11.5 Å². The van der Waals surface area contributed by atoms with Crippen molar-refractivity contribution in [2.75, 3.05) is 11.4 Å². The summed E-state index contributed by atoms with van der Waals surface area (Å²) in [6, 6.07) is 14.5. The smallest absolute Gasteiger partial charge is 0.178 e. The molecule has 4 rings (SSSR count). The average molecular weight is 316 g/mol. The minimum Gasteiger partial charge on any atom is -0.366 e. The van der Waals surface area contributed by atoms with Crippen molar-refractivity contribution in [1.29, 1.82) is 0 Å². The van der Waals surface area contributed by atoms with E-state index >= 15 is 0 Å². The van der Waals surface area contributed by atoms with Gasteiger partial charge in [-0.05, 0) is 31.2 Å². The first-order valence-electron chi connectivity index (χ1n) is 8.29. The van der Waals surface area contributed by atoms with E-state index in [0.717, 1.165) is 24.5 Å². The van der Waals surface area contributed by atoms with Gasteiger partial charge >= 0.3 is 0 Å². The molecule has 0 fully saturated rings. The zero-order valence-corrected chi connectivity index (χ0v) is 14.0. The van der Waals surface area contributed by atoms with Crippen LogP contribution in [0, 0.1) is 6.92 Å². The highest BCUT2D eigenvalue weighted by Crippen LogP contribution is 2.30. The van der Waals surface area contributed by atoms with Crippen LogP contribution in [0.4, 0.5) is 5.69 Å². The molecule has 3 heterocycles. The SMILES string of the molecule is Cc1ccc(N2Cc3cnc(-c4ccccn4)nc3C(C)C2)cc1. The van der Waals surface area contributed by atoms with Gasteiger partial charge in [0.15, 0.2) is 5.82 Å². The molecule has 0 bridgehead atoms. The predicted molar refractivity (Wildman–Crippen MR) is 95.9 cm³/mol. The van der Waals surface area contributed by atoms with E-state index in [9.17, 15) is 0 Å². The molecule has 3 aromatic rings. The van der Waals surface area contributed by atoms with Crippen molar-refractivity contribution >= 4 is 5.69 Å².